The zero-order chi connectivity index (χ0) is 38.3. The Labute approximate surface area is 301 Å². The summed E-state index contributed by atoms with van der Waals surface area (Å²) in [5, 5.41) is 4.97. The van der Waals surface area contributed by atoms with Crippen LogP contribution in [0.1, 0.15) is 82.0 Å². The first-order chi connectivity index (χ1) is 24.7. The smallest absolute Gasteiger partial charge is 0.329 e. The maximum atomic E-state index is 13.7. The number of amides is 6. The van der Waals surface area contributed by atoms with E-state index in [1.165, 1.54) is 24.3 Å². The van der Waals surface area contributed by atoms with Crippen LogP contribution in [0.3, 0.4) is 0 Å². The number of benzene rings is 2. The quantitative estimate of drug-likeness (QED) is 0.107. The van der Waals surface area contributed by atoms with E-state index < -0.39 is 59.5 Å². The molecule has 2 heterocycles. The Kier molecular flexibility index (Phi) is 12.6. The summed E-state index contributed by atoms with van der Waals surface area (Å²) in [5.74, 6) is -5.35. The molecule has 0 saturated carbocycles. The number of ether oxygens (including phenoxy) is 2. The fourth-order valence-electron chi connectivity index (χ4n) is 5.94. The molecular formula is C38H42N4O10. The number of fused-ring (bicyclic) bond motifs is 2. The van der Waals surface area contributed by atoms with Crippen LogP contribution >= 0.6 is 0 Å². The molecule has 14 nitrogen and oxygen atoms in total. The Balaban J connectivity index is 1.56. The molecule has 4 rings (SSSR count). The molecule has 2 N–H and O–H groups in total. The Morgan fingerprint density at radius 1 is 0.615 bits per heavy atom. The molecule has 2 atom stereocenters. The maximum Gasteiger partial charge on any atom is 0.329 e. The van der Waals surface area contributed by atoms with Gasteiger partial charge in [0, 0.05) is 0 Å². The summed E-state index contributed by atoms with van der Waals surface area (Å²) in [6.07, 6.45) is 2.44. The Morgan fingerprint density at radius 2 is 0.962 bits per heavy atom. The van der Waals surface area contributed by atoms with Crippen LogP contribution in [0, 0.1) is 11.8 Å². The van der Waals surface area contributed by atoms with Crippen molar-refractivity contribution in [1.82, 2.24) is 20.4 Å². The van der Waals surface area contributed by atoms with E-state index in [2.05, 4.69) is 23.8 Å². The first-order valence-corrected chi connectivity index (χ1v) is 16.9. The van der Waals surface area contributed by atoms with Crippen LogP contribution in [0.25, 0.3) is 11.1 Å². The van der Waals surface area contributed by atoms with Gasteiger partial charge < -0.3 is 20.1 Å². The van der Waals surface area contributed by atoms with Crippen molar-refractivity contribution in [1.29, 1.82) is 0 Å². The lowest BCUT2D eigenvalue weighted by molar-refractivity contribution is -0.149. The number of carbonyl (C=O) groups excluding carboxylic acids is 8. The lowest BCUT2D eigenvalue weighted by Gasteiger charge is -2.26. The van der Waals surface area contributed by atoms with Crippen molar-refractivity contribution in [3.8, 4) is 11.1 Å². The number of esters is 2. The van der Waals surface area contributed by atoms with Crippen LogP contribution in [0.5, 0.6) is 0 Å². The van der Waals surface area contributed by atoms with Gasteiger partial charge in [-0.05, 0) is 72.2 Å². The molecule has 0 aromatic heterocycles. The second kappa shape index (κ2) is 16.9. The van der Waals surface area contributed by atoms with Crippen molar-refractivity contribution >= 4 is 47.4 Å². The van der Waals surface area contributed by atoms with Gasteiger partial charge in [0.1, 0.15) is 25.3 Å². The van der Waals surface area contributed by atoms with Gasteiger partial charge in [-0.3, -0.25) is 38.6 Å². The SMILES string of the molecule is C=CC(=O)NCCOC(=O)C(CC(C)C)N1C(=O)c2ccc(-c3ccc4c(c3)C(=O)N(C(CC(C)C)C(=O)OCCNC(=O)C=C)C4=O)cc2C1=O. The summed E-state index contributed by atoms with van der Waals surface area (Å²) >= 11 is 0. The van der Waals surface area contributed by atoms with E-state index in [4.69, 9.17) is 9.47 Å². The molecule has 0 saturated heterocycles. The largest absolute Gasteiger partial charge is 0.462 e. The summed E-state index contributed by atoms with van der Waals surface area (Å²) in [4.78, 5) is 105. The van der Waals surface area contributed by atoms with Gasteiger partial charge in [0.05, 0.1) is 35.3 Å². The summed E-state index contributed by atoms with van der Waals surface area (Å²) in [5.41, 5.74) is 1.21. The normalized spacial score (nSPS) is 14.6. The number of rotatable bonds is 17. The lowest BCUT2D eigenvalue weighted by Crippen LogP contribution is -2.46. The summed E-state index contributed by atoms with van der Waals surface area (Å²) in [7, 11) is 0. The van der Waals surface area contributed by atoms with Crippen molar-refractivity contribution in [2.75, 3.05) is 26.3 Å². The van der Waals surface area contributed by atoms with Gasteiger partial charge in [0.25, 0.3) is 23.6 Å². The van der Waals surface area contributed by atoms with E-state index in [1.54, 1.807) is 12.1 Å². The summed E-state index contributed by atoms with van der Waals surface area (Å²) in [6, 6.07) is 6.67. The van der Waals surface area contributed by atoms with Crippen molar-refractivity contribution in [3.05, 3.63) is 84.0 Å². The molecule has 2 aliphatic heterocycles. The van der Waals surface area contributed by atoms with Gasteiger partial charge in [-0.1, -0.05) is 53.0 Å². The second-order valence-corrected chi connectivity index (χ2v) is 13.1. The van der Waals surface area contributed by atoms with Gasteiger partial charge in [0.2, 0.25) is 11.8 Å². The number of carbonyl (C=O) groups is 8. The monoisotopic (exact) mass is 714 g/mol. The third-order valence-electron chi connectivity index (χ3n) is 8.39. The minimum absolute atomic E-state index is 0.0168. The summed E-state index contributed by atoms with van der Waals surface area (Å²) in [6.45, 7) is 13.7. The van der Waals surface area contributed by atoms with E-state index in [0.29, 0.717) is 11.1 Å². The molecule has 6 amide bonds. The van der Waals surface area contributed by atoms with Gasteiger partial charge in [0.15, 0.2) is 0 Å². The molecule has 2 aliphatic rings. The van der Waals surface area contributed by atoms with Gasteiger partial charge >= 0.3 is 11.9 Å². The molecular weight excluding hydrogens is 672 g/mol. The van der Waals surface area contributed by atoms with Crippen molar-refractivity contribution in [2.45, 2.75) is 52.6 Å². The highest BCUT2D eigenvalue weighted by molar-refractivity contribution is 6.24. The third-order valence-corrected chi connectivity index (χ3v) is 8.39. The highest BCUT2D eigenvalue weighted by Crippen LogP contribution is 2.35. The number of imide groups is 2. The number of nitrogens with one attached hydrogen (secondary N) is 2. The third kappa shape index (κ3) is 8.50. The molecule has 14 heteroatoms. The van der Waals surface area contributed by atoms with E-state index in [0.717, 1.165) is 22.0 Å². The lowest BCUT2D eigenvalue weighted by atomic mass is 9.97. The minimum Gasteiger partial charge on any atom is -0.462 e. The van der Waals surface area contributed by atoms with E-state index in [9.17, 15) is 38.4 Å². The van der Waals surface area contributed by atoms with Crippen LogP contribution in [0.4, 0.5) is 0 Å². The Morgan fingerprint density at radius 3 is 1.29 bits per heavy atom. The van der Waals surface area contributed by atoms with Crippen LogP contribution < -0.4 is 10.6 Å². The average Bonchev–Trinajstić information content (AvgIpc) is 3.51. The average molecular weight is 715 g/mol. The number of nitrogens with zero attached hydrogens (tertiary/aromatic N) is 2. The van der Waals surface area contributed by atoms with Crippen molar-refractivity contribution in [3.63, 3.8) is 0 Å². The van der Waals surface area contributed by atoms with E-state index >= 15 is 0 Å². The molecule has 52 heavy (non-hydrogen) atoms. The zero-order valence-corrected chi connectivity index (χ0v) is 29.6. The maximum absolute atomic E-state index is 13.7. The number of hydrogen-bond acceptors (Lipinski definition) is 10. The fraction of sp³-hybridized carbons (Fsp3) is 0.368. The topological polar surface area (TPSA) is 186 Å². The first-order valence-electron chi connectivity index (χ1n) is 16.9. The van der Waals surface area contributed by atoms with Crippen molar-refractivity contribution < 1.29 is 47.8 Å². The standard InChI is InChI=1S/C38H42N4O10/c1-7-31(43)39-13-15-51-37(49)29(17-21(3)4)41-33(45)25-11-9-23(19-27(25)35(41)47)24-10-12-26-28(20-24)36(48)42(34(26)46)30(18-22(5)6)38(50)52-16-14-40-32(44)8-2/h7-12,19-22,29-30H,1-2,13-18H2,3-6H3,(H,39,43)(H,40,44). The molecule has 274 valence electrons. The van der Waals surface area contributed by atoms with Gasteiger partial charge in [-0.2, -0.15) is 0 Å². The Bertz CT molecular complexity index is 1700. The van der Waals surface area contributed by atoms with Crippen LogP contribution in [0.2, 0.25) is 0 Å². The molecule has 0 aliphatic carbocycles. The molecule has 0 bridgehead atoms. The van der Waals surface area contributed by atoms with E-state index in [1.807, 2.05) is 27.7 Å². The predicted molar refractivity (Wildman–Crippen MR) is 188 cm³/mol. The summed E-state index contributed by atoms with van der Waals surface area (Å²) < 4.78 is 10.6. The predicted octanol–water partition coefficient (Wildman–Crippen LogP) is 3.07. The molecule has 2 aromatic carbocycles. The molecule has 0 spiro atoms. The molecule has 0 fully saturated rings. The molecule has 0 radical (unpaired) electrons. The highest BCUT2D eigenvalue weighted by atomic mass is 16.5. The zero-order valence-electron chi connectivity index (χ0n) is 29.6. The number of hydrogen-bond donors (Lipinski definition) is 2. The Hall–Kier alpha value is -5.92. The molecule has 2 unspecified atom stereocenters. The molecule has 2 aromatic rings. The van der Waals surface area contributed by atoms with Crippen LogP contribution in [-0.4, -0.2) is 95.6 Å². The van der Waals surface area contributed by atoms with Gasteiger partial charge in [-0.15, -0.1) is 0 Å². The van der Waals surface area contributed by atoms with E-state index in [-0.39, 0.29) is 73.2 Å². The van der Waals surface area contributed by atoms with Crippen molar-refractivity contribution in [2.24, 2.45) is 11.8 Å². The fourth-order valence-corrected chi connectivity index (χ4v) is 5.94. The first kappa shape index (κ1) is 38.9. The van der Waals surface area contributed by atoms with Crippen LogP contribution in [0.15, 0.2) is 61.7 Å². The second-order valence-electron chi connectivity index (χ2n) is 13.1. The highest BCUT2D eigenvalue weighted by Gasteiger charge is 2.45. The van der Waals surface area contributed by atoms with Gasteiger partial charge in [-0.25, -0.2) is 9.59 Å². The minimum atomic E-state index is -1.21. The van der Waals surface area contributed by atoms with Crippen LogP contribution in [-0.2, 0) is 28.7 Å².